The van der Waals surface area contributed by atoms with Crippen molar-refractivity contribution in [2.24, 2.45) is 4.99 Å². The van der Waals surface area contributed by atoms with Gasteiger partial charge in [0.2, 0.25) is 14.8 Å². The number of pyridine rings is 1. The normalized spacial score (nSPS) is 28.3. The number of hydrogen-bond donors (Lipinski definition) is 0. The molecule has 0 saturated carbocycles. The van der Waals surface area contributed by atoms with E-state index in [9.17, 15) is 8.42 Å². The van der Waals surface area contributed by atoms with Crippen LogP contribution in [0.4, 0.5) is 0 Å². The number of rotatable bonds is 2. The van der Waals surface area contributed by atoms with Crippen LogP contribution < -0.4 is 0 Å². The third-order valence-corrected chi connectivity index (χ3v) is 7.72. The van der Waals surface area contributed by atoms with Crippen molar-refractivity contribution in [3.8, 4) is 0 Å². The summed E-state index contributed by atoms with van der Waals surface area (Å²) in [4.78, 5) is 7.81. The lowest BCUT2D eigenvalue weighted by Gasteiger charge is -2.32. The standard InChI is InChI=1S/C19H20N2O3S/c1-12-15-14(10-11-20-12)16-18(2,3)21-17(13-8-6-5-7-9-13)19(16,24-4)25(15,22)23/h5-11,16H,1-4H3. The molecule has 25 heavy (non-hydrogen) atoms. The van der Waals surface area contributed by atoms with Crippen molar-refractivity contribution >= 4 is 15.5 Å². The molecule has 4 rings (SSSR count). The molecular weight excluding hydrogens is 336 g/mol. The van der Waals surface area contributed by atoms with Gasteiger partial charge in [0.25, 0.3) is 0 Å². The van der Waals surface area contributed by atoms with Crippen molar-refractivity contribution in [2.45, 2.75) is 42.1 Å². The summed E-state index contributed by atoms with van der Waals surface area (Å²) in [6.07, 6.45) is 1.66. The molecule has 0 aliphatic carbocycles. The Kier molecular flexibility index (Phi) is 3.28. The van der Waals surface area contributed by atoms with Crippen LogP contribution in [0.1, 0.15) is 36.6 Å². The zero-order valence-corrected chi connectivity index (χ0v) is 15.5. The molecule has 3 heterocycles. The number of ether oxygens (including phenoxy) is 1. The summed E-state index contributed by atoms with van der Waals surface area (Å²) < 4.78 is 33.2. The number of nitrogens with zero attached hydrogens (tertiary/aromatic N) is 2. The molecule has 2 aliphatic rings. The molecule has 2 atom stereocenters. The van der Waals surface area contributed by atoms with Crippen LogP contribution in [0.15, 0.2) is 52.5 Å². The van der Waals surface area contributed by atoms with Crippen molar-refractivity contribution in [3.05, 3.63) is 59.4 Å². The van der Waals surface area contributed by atoms with Crippen LogP contribution in [0, 0.1) is 6.92 Å². The molecule has 0 radical (unpaired) electrons. The predicted octanol–water partition coefficient (Wildman–Crippen LogP) is 2.89. The van der Waals surface area contributed by atoms with Crippen LogP contribution in [0.5, 0.6) is 0 Å². The van der Waals surface area contributed by atoms with Crippen molar-refractivity contribution < 1.29 is 13.2 Å². The van der Waals surface area contributed by atoms with Gasteiger partial charge in [-0.25, -0.2) is 8.42 Å². The topological polar surface area (TPSA) is 68.6 Å². The summed E-state index contributed by atoms with van der Waals surface area (Å²) >= 11 is 0. The molecule has 5 nitrogen and oxygen atoms in total. The van der Waals surface area contributed by atoms with E-state index in [0.29, 0.717) is 16.3 Å². The molecule has 1 aromatic heterocycles. The number of hydrogen-bond acceptors (Lipinski definition) is 5. The number of aromatic nitrogens is 1. The summed E-state index contributed by atoms with van der Waals surface area (Å²) in [5, 5.41) is 0. The minimum Gasteiger partial charge on any atom is -0.356 e. The Hall–Kier alpha value is -2.05. The maximum absolute atomic E-state index is 13.7. The Bertz CT molecular complexity index is 997. The summed E-state index contributed by atoms with van der Waals surface area (Å²) in [5.41, 5.74) is 1.87. The van der Waals surface area contributed by atoms with Crippen LogP contribution in [0.3, 0.4) is 0 Å². The van der Waals surface area contributed by atoms with E-state index in [4.69, 9.17) is 9.73 Å². The Labute approximate surface area is 147 Å². The van der Waals surface area contributed by atoms with Gasteiger partial charge in [-0.2, -0.15) is 0 Å². The molecular formula is C19H20N2O3S. The van der Waals surface area contributed by atoms with Gasteiger partial charge in [-0.1, -0.05) is 30.3 Å². The lowest BCUT2D eigenvalue weighted by Crippen LogP contribution is -2.49. The van der Waals surface area contributed by atoms with E-state index in [2.05, 4.69) is 4.98 Å². The predicted molar refractivity (Wildman–Crippen MR) is 95.7 cm³/mol. The van der Waals surface area contributed by atoms with Gasteiger partial charge >= 0.3 is 0 Å². The highest BCUT2D eigenvalue weighted by molar-refractivity contribution is 7.94. The largest absolute Gasteiger partial charge is 0.356 e. The molecule has 0 N–H and O–H groups in total. The van der Waals surface area contributed by atoms with E-state index in [1.54, 1.807) is 19.2 Å². The lowest BCUT2D eigenvalue weighted by atomic mass is 9.79. The van der Waals surface area contributed by atoms with Gasteiger partial charge in [-0.15, -0.1) is 0 Å². The van der Waals surface area contributed by atoms with Crippen LogP contribution in [0.25, 0.3) is 0 Å². The number of fused-ring (bicyclic) bond motifs is 3. The first kappa shape index (κ1) is 16.4. The monoisotopic (exact) mass is 356 g/mol. The SMILES string of the molecule is COC12C(c3ccccc3)=NC(C)(C)C1c1ccnc(C)c1S2(=O)=O. The quantitative estimate of drug-likeness (QED) is 0.830. The smallest absolute Gasteiger partial charge is 0.224 e. The minimum absolute atomic E-state index is 0.290. The van der Waals surface area contributed by atoms with Crippen molar-refractivity contribution in [1.29, 1.82) is 0 Å². The van der Waals surface area contributed by atoms with Gasteiger partial charge in [0.05, 0.1) is 27.8 Å². The summed E-state index contributed by atoms with van der Waals surface area (Å²) in [5.74, 6) is -0.415. The van der Waals surface area contributed by atoms with E-state index in [1.165, 1.54) is 7.11 Å². The van der Waals surface area contributed by atoms with Gasteiger partial charge in [0.1, 0.15) is 0 Å². The van der Waals surface area contributed by atoms with Gasteiger partial charge in [0.15, 0.2) is 0 Å². The summed E-state index contributed by atoms with van der Waals surface area (Å²) in [6.45, 7) is 5.65. The summed E-state index contributed by atoms with van der Waals surface area (Å²) in [6, 6.07) is 11.2. The van der Waals surface area contributed by atoms with Crippen molar-refractivity contribution in [2.75, 3.05) is 7.11 Å². The van der Waals surface area contributed by atoms with Crippen molar-refractivity contribution in [3.63, 3.8) is 0 Å². The van der Waals surface area contributed by atoms with Crippen molar-refractivity contribution in [1.82, 2.24) is 4.98 Å². The van der Waals surface area contributed by atoms with E-state index in [0.717, 1.165) is 11.1 Å². The molecule has 2 aliphatic heterocycles. The molecule has 0 spiro atoms. The molecule has 2 aromatic rings. The first-order chi connectivity index (χ1) is 11.8. The average Bonchev–Trinajstić information content (AvgIpc) is 2.95. The summed E-state index contributed by atoms with van der Waals surface area (Å²) in [7, 11) is -2.35. The number of methoxy groups -OCH3 is 1. The fourth-order valence-electron chi connectivity index (χ4n) is 4.39. The molecule has 0 amide bonds. The second-order valence-corrected chi connectivity index (χ2v) is 9.12. The van der Waals surface area contributed by atoms with E-state index >= 15 is 0 Å². The van der Waals surface area contributed by atoms with E-state index in [-0.39, 0.29) is 0 Å². The molecule has 2 unspecified atom stereocenters. The van der Waals surface area contributed by atoms with Crippen LogP contribution in [0.2, 0.25) is 0 Å². The number of benzene rings is 1. The van der Waals surface area contributed by atoms with Crippen LogP contribution >= 0.6 is 0 Å². The first-order valence-corrected chi connectivity index (χ1v) is 9.66. The average molecular weight is 356 g/mol. The minimum atomic E-state index is -3.81. The lowest BCUT2D eigenvalue weighted by molar-refractivity contribution is 0.0907. The Morgan fingerprint density at radius 1 is 1.12 bits per heavy atom. The molecule has 1 aromatic carbocycles. The Morgan fingerprint density at radius 3 is 2.44 bits per heavy atom. The molecule has 0 saturated heterocycles. The highest BCUT2D eigenvalue weighted by atomic mass is 32.2. The first-order valence-electron chi connectivity index (χ1n) is 8.18. The third-order valence-electron chi connectivity index (χ3n) is 5.26. The van der Waals surface area contributed by atoms with Gasteiger partial charge in [0, 0.05) is 13.3 Å². The zero-order chi connectivity index (χ0) is 18.0. The maximum atomic E-state index is 13.7. The van der Waals surface area contributed by atoms with Crippen LogP contribution in [-0.4, -0.2) is 36.7 Å². The second kappa shape index (κ2) is 4.99. The number of aryl methyl sites for hydroxylation is 1. The number of sulfone groups is 1. The van der Waals surface area contributed by atoms with Gasteiger partial charge in [-0.3, -0.25) is 9.98 Å². The fourth-order valence-corrected chi connectivity index (χ4v) is 6.99. The highest BCUT2D eigenvalue weighted by Gasteiger charge is 2.70. The van der Waals surface area contributed by atoms with Gasteiger partial charge < -0.3 is 4.74 Å². The van der Waals surface area contributed by atoms with E-state index in [1.807, 2.05) is 44.2 Å². The molecule has 130 valence electrons. The molecule has 6 heteroatoms. The fraction of sp³-hybridized carbons (Fsp3) is 0.368. The second-order valence-electron chi connectivity index (χ2n) is 7.10. The van der Waals surface area contributed by atoms with Gasteiger partial charge in [-0.05, 0) is 38.0 Å². The van der Waals surface area contributed by atoms with Crippen LogP contribution in [-0.2, 0) is 14.6 Å². The number of aliphatic imine (C=N–C) groups is 1. The third kappa shape index (κ3) is 1.84. The molecule has 0 fully saturated rings. The Morgan fingerprint density at radius 2 is 1.80 bits per heavy atom. The van der Waals surface area contributed by atoms with E-state index < -0.39 is 26.2 Å². The maximum Gasteiger partial charge on any atom is 0.224 e. The highest BCUT2D eigenvalue weighted by Crippen LogP contribution is 2.59. The zero-order valence-electron chi connectivity index (χ0n) is 14.6. The molecule has 0 bridgehead atoms. The Balaban J connectivity index is 2.10.